The number of rotatable bonds is 24. The van der Waals surface area contributed by atoms with Crippen molar-refractivity contribution in [3.05, 3.63) is 29.0 Å². The van der Waals surface area contributed by atoms with E-state index in [-0.39, 0.29) is 0 Å². The van der Waals surface area contributed by atoms with Gasteiger partial charge in [0.25, 0.3) is 0 Å². The average molecular weight is 793 g/mol. The van der Waals surface area contributed by atoms with Crippen molar-refractivity contribution in [1.29, 1.82) is 0 Å². The minimum absolute atomic E-state index is 0.307. The van der Waals surface area contributed by atoms with E-state index in [0.29, 0.717) is 17.0 Å². The van der Waals surface area contributed by atoms with Crippen molar-refractivity contribution in [2.75, 3.05) is 19.8 Å². The lowest BCUT2D eigenvalue weighted by molar-refractivity contribution is -0.564. The number of benzene rings is 1. The largest absolute Gasteiger partial charge is 0.527 e. The maximum atomic E-state index is 14.6. The summed E-state index contributed by atoms with van der Waals surface area (Å²) in [5.41, 5.74) is 0.307. The summed E-state index contributed by atoms with van der Waals surface area (Å²) in [7, 11) is 0. The highest BCUT2D eigenvalue weighted by Gasteiger charge is 2.74. The van der Waals surface area contributed by atoms with E-state index < -0.39 is 74.5 Å². The molecule has 0 radical (unpaired) electrons. The zero-order valence-corrected chi connectivity index (χ0v) is 27.1. The molecular formula is C28H31F15N2O5S. The number of ether oxygens (including phenoxy) is 5. The van der Waals surface area contributed by atoms with Gasteiger partial charge in [-0.3, -0.25) is 0 Å². The molecule has 1 heterocycles. The van der Waals surface area contributed by atoms with Crippen LogP contribution in [0.15, 0.2) is 18.2 Å². The van der Waals surface area contributed by atoms with Crippen molar-refractivity contribution in [2.24, 2.45) is 0 Å². The van der Waals surface area contributed by atoms with Gasteiger partial charge in [0, 0.05) is 12.0 Å². The molecule has 1 aromatic carbocycles. The molecule has 0 aliphatic heterocycles. The average Bonchev–Trinajstić information content (AvgIpc) is 3.44. The molecule has 1 aromatic heterocycles. The highest BCUT2D eigenvalue weighted by molar-refractivity contribution is 7.14. The first-order valence-corrected chi connectivity index (χ1v) is 15.7. The van der Waals surface area contributed by atoms with E-state index in [1.807, 2.05) is 0 Å². The molecule has 0 fully saturated rings. The molecule has 2 rings (SSSR count). The fourth-order valence-electron chi connectivity index (χ4n) is 3.93. The lowest BCUT2D eigenvalue weighted by atomic mass is 10.1. The summed E-state index contributed by atoms with van der Waals surface area (Å²) in [6.07, 6.45) is -33.3. The summed E-state index contributed by atoms with van der Waals surface area (Å²) in [6.45, 7) is -2.89. The van der Waals surface area contributed by atoms with Gasteiger partial charge in [-0.15, -0.1) is 23.4 Å². The Morgan fingerprint density at radius 3 is 1.80 bits per heavy atom. The molecule has 0 bridgehead atoms. The van der Waals surface area contributed by atoms with Gasteiger partial charge in [-0.2, -0.15) is 43.9 Å². The Balaban J connectivity index is 1.83. The topological polar surface area (TPSA) is 71.9 Å². The van der Waals surface area contributed by atoms with Crippen LogP contribution >= 0.6 is 11.3 Å². The van der Waals surface area contributed by atoms with Crippen LogP contribution in [0.2, 0.25) is 0 Å². The summed E-state index contributed by atoms with van der Waals surface area (Å²) in [6, 6.07) is 3.44. The van der Waals surface area contributed by atoms with Gasteiger partial charge in [0.15, 0.2) is 17.7 Å². The summed E-state index contributed by atoms with van der Waals surface area (Å²) in [5, 5.41) is 9.22. The van der Waals surface area contributed by atoms with Crippen molar-refractivity contribution in [3.8, 4) is 16.3 Å². The number of aromatic nitrogens is 2. The molecule has 294 valence electrons. The first-order valence-electron chi connectivity index (χ1n) is 14.9. The van der Waals surface area contributed by atoms with E-state index in [4.69, 9.17) is 4.74 Å². The Hall–Kier alpha value is -2.63. The third kappa shape index (κ3) is 14.7. The predicted octanol–water partition coefficient (Wildman–Crippen LogP) is 10.3. The number of nitrogens with zero attached hydrogens (tertiary/aromatic N) is 2. The number of alkyl halides is 14. The van der Waals surface area contributed by atoms with Crippen LogP contribution in [0.3, 0.4) is 0 Å². The van der Waals surface area contributed by atoms with Crippen molar-refractivity contribution in [2.45, 2.75) is 108 Å². The Bertz CT molecular complexity index is 1350. The first-order chi connectivity index (χ1) is 23.4. The highest BCUT2D eigenvalue weighted by atomic mass is 32.1. The van der Waals surface area contributed by atoms with Gasteiger partial charge in [0.05, 0.1) is 6.61 Å². The van der Waals surface area contributed by atoms with Crippen LogP contribution in [-0.4, -0.2) is 73.1 Å². The molecule has 1 atom stereocenters. The number of hydrogen-bond donors (Lipinski definition) is 0. The molecule has 0 aliphatic rings. The van der Waals surface area contributed by atoms with Crippen LogP contribution in [0.4, 0.5) is 65.9 Å². The fraction of sp³-hybridized carbons (Fsp3) is 0.714. The van der Waals surface area contributed by atoms with Crippen LogP contribution in [0, 0.1) is 5.82 Å². The SMILES string of the molecule is CCCCCCCCCCc1nnc(-c2ccc(OC[C@@H](F)COCC(F)(F)OC(F)(F)C(F)(F)OC(F)(F)C(F)(F)OC(F)(F)F)c(F)c2)s1. The van der Waals surface area contributed by atoms with Crippen molar-refractivity contribution < 1.29 is 89.5 Å². The summed E-state index contributed by atoms with van der Waals surface area (Å²) >= 11 is 1.24. The number of halogens is 15. The second-order valence-electron chi connectivity index (χ2n) is 10.8. The second-order valence-corrected chi connectivity index (χ2v) is 11.8. The maximum Gasteiger partial charge on any atom is 0.527 e. The highest BCUT2D eigenvalue weighted by Crippen LogP contribution is 2.48. The number of aryl methyl sites for hydroxylation is 1. The molecule has 0 saturated heterocycles. The van der Waals surface area contributed by atoms with Gasteiger partial charge >= 0.3 is 36.9 Å². The van der Waals surface area contributed by atoms with Crippen molar-refractivity contribution >= 4 is 11.3 Å². The van der Waals surface area contributed by atoms with E-state index >= 15 is 0 Å². The molecule has 0 unspecified atom stereocenters. The molecule has 51 heavy (non-hydrogen) atoms. The lowest BCUT2D eigenvalue weighted by Crippen LogP contribution is -2.57. The standard InChI is InChI=1S/C28H31F15N2O5S/c1-2-3-4-5-6-7-8-9-10-21-44-45-22(51-21)17-11-12-20(19(30)13-17)47-15-18(29)14-46-16-23(31,32)48-24(33,34)25(35,36)49-26(37,38)27(39,40)50-28(41,42)43/h11-13,18H,2-10,14-16H2,1H3/t18-/m0/s1. The molecule has 0 spiro atoms. The molecule has 0 N–H and O–H groups in total. The predicted molar refractivity (Wildman–Crippen MR) is 147 cm³/mol. The van der Waals surface area contributed by atoms with Crippen LogP contribution in [-0.2, 0) is 25.4 Å². The van der Waals surface area contributed by atoms with Gasteiger partial charge in [0.1, 0.15) is 23.2 Å². The zero-order valence-electron chi connectivity index (χ0n) is 26.3. The summed E-state index contributed by atoms with van der Waals surface area (Å²) in [5.74, 6) is -1.53. The van der Waals surface area contributed by atoms with Gasteiger partial charge in [-0.1, -0.05) is 63.2 Å². The van der Waals surface area contributed by atoms with Crippen molar-refractivity contribution in [3.63, 3.8) is 0 Å². The van der Waals surface area contributed by atoms with Gasteiger partial charge in [0.2, 0.25) is 0 Å². The number of unbranched alkanes of at least 4 members (excludes halogenated alkanes) is 7. The molecule has 2 aromatic rings. The normalized spacial score (nSPS) is 14.3. The van der Waals surface area contributed by atoms with E-state index in [2.05, 4.69) is 26.6 Å². The Kier molecular flexibility index (Phi) is 16.1. The third-order valence-electron chi connectivity index (χ3n) is 6.33. The van der Waals surface area contributed by atoms with E-state index in [1.165, 1.54) is 43.1 Å². The molecule has 23 heteroatoms. The van der Waals surface area contributed by atoms with E-state index in [9.17, 15) is 65.9 Å². The molecule has 0 amide bonds. The quantitative estimate of drug-likeness (QED) is 0.0774. The summed E-state index contributed by atoms with van der Waals surface area (Å²) < 4.78 is 212. The first kappa shape index (κ1) is 44.5. The van der Waals surface area contributed by atoms with E-state index in [1.54, 1.807) is 9.47 Å². The number of hydrogen-bond acceptors (Lipinski definition) is 8. The van der Waals surface area contributed by atoms with Gasteiger partial charge < -0.3 is 9.47 Å². The third-order valence-corrected chi connectivity index (χ3v) is 7.37. The Labute approximate surface area is 284 Å². The molecule has 7 nitrogen and oxygen atoms in total. The smallest absolute Gasteiger partial charge is 0.487 e. The van der Waals surface area contributed by atoms with Crippen LogP contribution in [0.25, 0.3) is 10.6 Å². The monoisotopic (exact) mass is 792 g/mol. The molecule has 0 aliphatic carbocycles. The van der Waals surface area contributed by atoms with Crippen molar-refractivity contribution in [1.82, 2.24) is 10.2 Å². The minimum atomic E-state index is -7.18. The summed E-state index contributed by atoms with van der Waals surface area (Å²) in [4.78, 5) is 0. The van der Waals surface area contributed by atoms with Crippen LogP contribution in [0.5, 0.6) is 5.75 Å². The lowest BCUT2D eigenvalue weighted by Gasteiger charge is -2.33. The van der Waals surface area contributed by atoms with Gasteiger partial charge in [-0.25, -0.2) is 23.0 Å². The fourth-order valence-corrected chi connectivity index (χ4v) is 4.80. The van der Waals surface area contributed by atoms with Crippen LogP contribution in [0.1, 0.15) is 63.3 Å². The molecule has 0 saturated carbocycles. The zero-order chi connectivity index (χ0) is 38.7. The Morgan fingerprint density at radius 1 is 0.686 bits per heavy atom. The second kappa shape index (κ2) is 18.4. The van der Waals surface area contributed by atoms with Crippen LogP contribution < -0.4 is 4.74 Å². The molecular weight excluding hydrogens is 761 g/mol. The maximum absolute atomic E-state index is 14.6. The Morgan fingerprint density at radius 2 is 1.24 bits per heavy atom. The van der Waals surface area contributed by atoms with Gasteiger partial charge in [-0.05, 0) is 24.6 Å². The minimum Gasteiger partial charge on any atom is -0.487 e. The van der Waals surface area contributed by atoms with E-state index in [0.717, 1.165) is 42.8 Å².